The Hall–Kier alpha value is -1.43. The van der Waals surface area contributed by atoms with Gasteiger partial charge in [0.2, 0.25) is 0 Å². The Kier molecular flexibility index (Phi) is 5.30. The molecule has 0 amide bonds. The molecule has 1 N–H and O–H groups in total. The zero-order valence-corrected chi connectivity index (χ0v) is 13.7. The van der Waals surface area contributed by atoms with E-state index in [-0.39, 0.29) is 12.0 Å². The fourth-order valence-electron chi connectivity index (χ4n) is 2.76. The van der Waals surface area contributed by atoms with E-state index in [9.17, 15) is 5.11 Å². The summed E-state index contributed by atoms with van der Waals surface area (Å²) >= 11 is 5.92. The van der Waals surface area contributed by atoms with E-state index < -0.39 is 6.23 Å². The van der Waals surface area contributed by atoms with Crippen LogP contribution in [-0.2, 0) is 16.3 Å². The summed E-state index contributed by atoms with van der Waals surface area (Å²) in [6.07, 6.45) is -0.0435. The highest BCUT2D eigenvalue weighted by Crippen LogP contribution is 2.28. The van der Waals surface area contributed by atoms with Gasteiger partial charge < -0.3 is 5.11 Å². The Morgan fingerprint density at radius 1 is 1.17 bits per heavy atom. The number of hydrogen-bond acceptors (Lipinski definition) is 4. The summed E-state index contributed by atoms with van der Waals surface area (Å²) in [4.78, 5) is 10.3. The number of aliphatic hydroxyl groups is 1. The van der Waals surface area contributed by atoms with E-state index in [1.807, 2.05) is 49.4 Å². The van der Waals surface area contributed by atoms with Gasteiger partial charge in [-0.2, -0.15) is 0 Å². The lowest BCUT2D eigenvalue weighted by molar-refractivity contribution is -0.404. The average molecular weight is 334 g/mol. The Balaban J connectivity index is 1.70. The number of benzene rings is 2. The minimum absolute atomic E-state index is 0.0258. The molecule has 2 aromatic rings. The van der Waals surface area contributed by atoms with E-state index in [0.29, 0.717) is 11.6 Å². The van der Waals surface area contributed by atoms with Gasteiger partial charge in [0, 0.05) is 10.9 Å². The monoisotopic (exact) mass is 333 g/mol. The molecular weight excluding hydrogens is 314 g/mol. The lowest BCUT2D eigenvalue weighted by Crippen LogP contribution is -2.43. The molecule has 3 rings (SSSR count). The summed E-state index contributed by atoms with van der Waals surface area (Å²) in [6.45, 7) is 2.38. The van der Waals surface area contributed by atoms with Crippen molar-refractivity contribution in [1.29, 1.82) is 0 Å². The number of aliphatic hydroxyl groups excluding tert-OH is 1. The van der Waals surface area contributed by atoms with Crippen molar-refractivity contribution in [2.24, 2.45) is 0 Å². The van der Waals surface area contributed by atoms with Crippen LogP contribution in [0.1, 0.15) is 24.0 Å². The van der Waals surface area contributed by atoms with Crippen molar-refractivity contribution in [3.05, 3.63) is 70.7 Å². The van der Waals surface area contributed by atoms with Gasteiger partial charge in [-0.05, 0) is 29.7 Å². The van der Waals surface area contributed by atoms with E-state index >= 15 is 0 Å². The second-order valence-electron chi connectivity index (χ2n) is 5.82. The van der Waals surface area contributed by atoms with Crippen LogP contribution in [0.2, 0.25) is 5.02 Å². The maximum atomic E-state index is 10.7. The van der Waals surface area contributed by atoms with Crippen LogP contribution in [0.25, 0.3) is 0 Å². The van der Waals surface area contributed by atoms with Gasteiger partial charge in [0.05, 0.1) is 6.04 Å². The summed E-state index contributed by atoms with van der Waals surface area (Å²) in [7, 11) is 0. The number of nitrogens with zero attached hydrogens (tertiary/aromatic N) is 1. The number of rotatable bonds is 5. The SMILES string of the molecule is CC(c1ccc(Cl)cc1)C(O)N1OOC[C@H]1Cc1ccccc1. The van der Waals surface area contributed by atoms with Crippen LogP contribution in [-0.4, -0.2) is 29.0 Å². The van der Waals surface area contributed by atoms with Gasteiger partial charge in [0.1, 0.15) is 12.8 Å². The largest absolute Gasteiger partial charge is 0.375 e. The van der Waals surface area contributed by atoms with Crippen LogP contribution in [0, 0.1) is 0 Å². The molecule has 0 saturated carbocycles. The van der Waals surface area contributed by atoms with Gasteiger partial charge in [-0.15, -0.1) is 10.1 Å². The molecule has 3 atom stereocenters. The Morgan fingerprint density at radius 3 is 2.57 bits per heavy atom. The maximum Gasteiger partial charge on any atom is 0.139 e. The van der Waals surface area contributed by atoms with Crippen molar-refractivity contribution in [2.75, 3.05) is 6.61 Å². The first-order valence-electron chi connectivity index (χ1n) is 7.70. The second-order valence-corrected chi connectivity index (χ2v) is 6.25. The highest BCUT2D eigenvalue weighted by molar-refractivity contribution is 6.30. The van der Waals surface area contributed by atoms with Crippen LogP contribution in [0.5, 0.6) is 0 Å². The molecule has 23 heavy (non-hydrogen) atoms. The predicted octanol–water partition coefficient (Wildman–Crippen LogP) is 3.55. The fourth-order valence-corrected chi connectivity index (χ4v) is 2.88. The highest BCUT2D eigenvalue weighted by atomic mass is 35.5. The van der Waals surface area contributed by atoms with Crippen molar-refractivity contribution in [2.45, 2.75) is 31.5 Å². The molecule has 4 nitrogen and oxygen atoms in total. The molecular formula is C18H20ClNO3. The van der Waals surface area contributed by atoms with E-state index in [1.54, 1.807) is 5.06 Å². The summed E-state index contributed by atoms with van der Waals surface area (Å²) < 4.78 is 0. The maximum absolute atomic E-state index is 10.7. The molecule has 1 fully saturated rings. The van der Waals surface area contributed by atoms with Crippen LogP contribution >= 0.6 is 11.6 Å². The topological polar surface area (TPSA) is 41.9 Å². The number of hydrogen-bond donors (Lipinski definition) is 1. The number of hydroxylamine groups is 2. The minimum Gasteiger partial charge on any atom is -0.375 e. The van der Waals surface area contributed by atoms with Gasteiger partial charge in [0.15, 0.2) is 0 Å². The zero-order chi connectivity index (χ0) is 16.2. The molecule has 1 saturated heterocycles. The predicted molar refractivity (Wildman–Crippen MR) is 88.7 cm³/mol. The summed E-state index contributed by atoms with van der Waals surface area (Å²) in [5.74, 6) is -0.132. The van der Waals surface area contributed by atoms with Gasteiger partial charge >= 0.3 is 0 Å². The lowest BCUT2D eigenvalue weighted by Gasteiger charge is -2.29. The molecule has 122 valence electrons. The van der Waals surface area contributed by atoms with Crippen molar-refractivity contribution < 1.29 is 15.0 Å². The zero-order valence-electron chi connectivity index (χ0n) is 12.9. The quantitative estimate of drug-likeness (QED) is 0.850. The lowest BCUT2D eigenvalue weighted by atomic mass is 9.98. The Bertz CT molecular complexity index is 620. The van der Waals surface area contributed by atoms with E-state index in [1.165, 1.54) is 5.56 Å². The molecule has 0 aromatic heterocycles. The molecule has 0 spiro atoms. The second kappa shape index (κ2) is 7.43. The van der Waals surface area contributed by atoms with Gasteiger partial charge in [-0.25, -0.2) is 4.89 Å². The van der Waals surface area contributed by atoms with Crippen LogP contribution in [0.4, 0.5) is 0 Å². The van der Waals surface area contributed by atoms with Crippen molar-refractivity contribution in [3.8, 4) is 0 Å². The first-order chi connectivity index (χ1) is 11.1. The van der Waals surface area contributed by atoms with Gasteiger partial charge in [-0.3, -0.25) is 0 Å². The van der Waals surface area contributed by atoms with E-state index in [0.717, 1.165) is 12.0 Å². The van der Waals surface area contributed by atoms with Crippen LogP contribution < -0.4 is 0 Å². The first kappa shape index (κ1) is 16.4. The third-order valence-corrected chi connectivity index (χ3v) is 4.43. The van der Waals surface area contributed by atoms with Crippen molar-refractivity contribution >= 4 is 11.6 Å². The third kappa shape index (κ3) is 3.91. The molecule has 0 aliphatic carbocycles. The van der Waals surface area contributed by atoms with E-state index in [2.05, 4.69) is 12.1 Å². The standard InChI is InChI=1S/C18H20ClNO3/c1-13(15-7-9-16(19)10-8-15)18(21)20-17(12-22-23-20)11-14-5-3-2-4-6-14/h2-10,13,17-18,21H,11-12H2,1H3/t13?,17-,18?/m1/s1. The Morgan fingerprint density at radius 2 is 1.87 bits per heavy atom. The summed E-state index contributed by atoms with van der Waals surface area (Å²) in [5.41, 5.74) is 2.18. The molecule has 1 aliphatic heterocycles. The molecule has 0 bridgehead atoms. The molecule has 1 heterocycles. The van der Waals surface area contributed by atoms with Crippen LogP contribution in [0.15, 0.2) is 54.6 Å². The van der Waals surface area contributed by atoms with E-state index in [4.69, 9.17) is 21.5 Å². The molecule has 0 radical (unpaired) electrons. The molecule has 1 aliphatic rings. The number of halogens is 1. The van der Waals surface area contributed by atoms with Gasteiger partial charge in [0.25, 0.3) is 0 Å². The molecule has 2 unspecified atom stereocenters. The molecule has 5 heteroatoms. The minimum atomic E-state index is -0.799. The highest BCUT2D eigenvalue weighted by Gasteiger charge is 2.36. The Labute approximate surface area is 141 Å². The summed E-state index contributed by atoms with van der Waals surface area (Å²) in [5, 5.41) is 12.9. The summed E-state index contributed by atoms with van der Waals surface area (Å²) in [6, 6.07) is 17.6. The fraction of sp³-hybridized carbons (Fsp3) is 0.333. The smallest absolute Gasteiger partial charge is 0.139 e. The van der Waals surface area contributed by atoms with Crippen molar-refractivity contribution in [1.82, 2.24) is 5.06 Å². The third-order valence-electron chi connectivity index (χ3n) is 4.18. The molecule has 2 aromatic carbocycles. The average Bonchev–Trinajstić information content (AvgIpc) is 3.03. The van der Waals surface area contributed by atoms with Crippen molar-refractivity contribution in [3.63, 3.8) is 0 Å². The normalized spacial score (nSPS) is 21.3. The van der Waals surface area contributed by atoms with Gasteiger partial charge in [-0.1, -0.05) is 61.0 Å². The first-order valence-corrected chi connectivity index (χ1v) is 8.08. The van der Waals surface area contributed by atoms with Crippen LogP contribution in [0.3, 0.4) is 0 Å².